The third kappa shape index (κ3) is 4.87. The van der Waals surface area contributed by atoms with Crippen LogP contribution in [0.1, 0.15) is 51.3 Å². The molecule has 2 nitrogen and oxygen atoms in total. The molecule has 1 aromatic heterocycles. The van der Waals surface area contributed by atoms with E-state index in [4.69, 9.17) is 0 Å². The van der Waals surface area contributed by atoms with Gasteiger partial charge in [-0.2, -0.15) is 0 Å². The number of thiophene rings is 1. The van der Waals surface area contributed by atoms with Gasteiger partial charge in [0.25, 0.3) is 0 Å². The molecule has 1 N–H and O–H groups in total. The van der Waals surface area contributed by atoms with E-state index in [0.29, 0.717) is 6.04 Å². The molecule has 1 saturated carbocycles. The lowest BCUT2D eigenvalue weighted by atomic mass is 9.86. The van der Waals surface area contributed by atoms with Crippen LogP contribution in [0.4, 0.5) is 0 Å². The van der Waals surface area contributed by atoms with Crippen LogP contribution in [0.3, 0.4) is 0 Å². The lowest BCUT2D eigenvalue weighted by Crippen LogP contribution is -2.43. The van der Waals surface area contributed by atoms with Gasteiger partial charge >= 0.3 is 0 Å². The fourth-order valence-electron chi connectivity index (χ4n) is 3.14. The van der Waals surface area contributed by atoms with Gasteiger partial charge in [0.05, 0.1) is 0 Å². The van der Waals surface area contributed by atoms with Crippen LogP contribution >= 0.6 is 11.3 Å². The molecule has 114 valence electrons. The highest BCUT2D eigenvalue weighted by Crippen LogP contribution is 2.23. The molecule has 1 aliphatic carbocycles. The summed E-state index contributed by atoms with van der Waals surface area (Å²) in [5, 5.41) is 5.97. The SMILES string of the molecule is CC1CCCCC1NCCN(Cc1cccs1)C(C)C. The average molecular weight is 295 g/mol. The summed E-state index contributed by atoms with van der Waals surface area (Å²) < 4.78 is 0. The molecule has 1 fully saturated rings. The molecular formula is C17H30N2S. The van der Waals surface area contributed by atoms with Crippen LogP contribution in [0, 0.1) is 5.92 Å². The first-order chi connectivity index (χ1) is 9.66. The van der Waals surface area contributed by atoms with Gasteiger partial charge in [-0.25, -0.2) is 0 Å². The summed E-state index contributed by atoms with van der Waals surface area (Å²) in [4.78, 5) is 4.05. The Balaban J connectivity index is 1.74. The minimum absolute atomic E-state index is 0.614. The molecule has 0 spiro atoms. The predicted octanol–water partition coefficient (Wildman–Crippen LogP) is 4.13. The zero-order valence-corrected chi connectivity index (χ0v) is 14.1. The molecular weight excluding hydrogens is 264 g/mol. The van der Waals surface area contributed by atoms with Gasteiger partial charge in [0.15, 0.2) is 0 Å². The van der Waals surface area contributed by atoms with Crippen molar-refractivity contribution in [1.29, 1.82) is 0 Å². The van der Waals surface area contributed by atoms with Gasteiger partial charge in [-0.1, -0.05) is 25.8 Å². The first kappa shape index (κ1) is 16.0. The molecule has 0 saturated heterocycles. The van der Waals surface area contributed by atoms with E-state index >= 15 is 0 Å². The molecule has 0 aliphatic heterocycles. The predicted molar refractivity (Wildman–Crippen MR) is 89.3 cm³/mol. The van der Waals surface area contributed by atoms with Crippen molar-refractivity contribution >= 4 is 11.3 Å². The standard InChI is InChI=1S/C17H30N2S/c1-14(2)19(13-16-8-6-12-20-16)11-10-18-17-9-5-4-7-15(17)3/h6,8,12,14-15,17-18H,4-5,7,9-11,13H2,1-3H3. The Bertz CT molecular complexity index is 361. The van der Waals surface area contributed by atoms with Crippen LogP contribution in [-0.4, -0.2) is 30.1 Å². The number of nitrogens with zero attached hydrogens (tertiary/aromatic N) is 1. The molecule has 1 aromatic rings. The number of nitrogens with one attached hydrogen (secondary N) is 1. The largest absolute Gasteiger partial charge is 0.312 e. The lowest BCUT2D eigenvalue weighted by molar-refractivity contribution is 0.201. The minimum atomic E-state index is 0.614. The molecule has 2 rings (SSSR count). The molecule has 0 amide bonds. The summed E-state index contributed by atoms with van der Waals surface area (Å²) in [6, 6.07) is 5.76. The third-order valence-electron chi connectivity index (χ3n) is 4.59. The van der Waals surface area contributed by atoms with E-state index in [-0.39, 0.29) is 0 Å². The summed E-state index contributed by atoms with van der Waals surface area (Å²) >= 11 is 1.87. The Morgan fingerprint density at radius 2 is 2.15 bits per heavy atom. The smallest absolute Gasteiger partial charge is 0.0331 e. The van der Waals surface area contributed by atoms with Gasteiger partial charge < -0.3 is 5.32 Å². The van der Waals surface area contributed by atoms with Gasteiger partial charge in [0.1, 0.15) is 0 Å². The van der Waals surface area contributed by atoms with Crippen molar-refractivity contribution < 1.29 is 0 Å². The van der Waals surface area contributed by atoms with Gasteiger partial charge in [-0.05, 0) is 44.1 Å². The van der Waals surface area contributed by atoms with E-state index in [9.17, 15) is 0 Å². The number of rotatable bonds is 7. The van der Waals surface area contributed by atoms with Crippen molar-refractivity contribution in [2.45, 2.75) is 65.1 Å². The Morgan fingerprint density at radius 1 is 1.35 bits per heavy atom. The molecule has 0 radical (unpaired) electrons. The number of hydrogen-bond acceptors (Lipinski definition) is 3. The fraction of sp³-hybridized carbons (Fsp3) is 0.765. The maximum atomic E-state index is 3.80. The number of hydrogen-bond donors (Lipinski definition) is 1. The minimum Gasteiger partial charge on any atom is -0.312 e. The van der Waals surface area contributed by atoms with Gasteiger partial charge in [-0.3, -0.25) is 4.90 Å². The second-order valence-corrected chi connectivity index (χ2v) is 7.50. The van der Waals surface area contributed by atoms with Crippen LogP contribution in [0.5, 0.6) is 0 Å². The summed E-state index contributed by atoms with van der Waals surface area (Å²) in [5.74, 6) is 0.855. The second kappa shape index (κ2) is 8.16. The van der Waals surface area contributed by atoms with Gasteiger partial charge in [0.2, 0.25) is 0 Å². The van der Waals surface area contributed by atoms with Crippen LogP contribution < -0.4 is 5.32 Å². The Labute approximate surface area is 128 Å². The molecule has 1 heterocycles. The summed E-state index contributed by atoms with van der Waals surface area (Å²) in [6.45, 7) is 10.4. The molecule has 2 unspecified atom stereocenters. The van der Waals surface area contributed by atoms with Crippen LogP contribution in [0.2, 0.25) is 0 Å². The van der Waals surface area contributed by atoms with Crippen molar-refractivity contribution in [2.24, 2.45) is 5.92 Å². The summed E-state index contributed by atoms with van der Waals surface area (Å²) in [5.41, 5.74) is 0. The Kier molecular flexibility index (Phi) is 6.53. The fourth-order valence-corrected chi connectivity index (χ4v) is 3.87. The van der Waals surface area contributed by atoms with E-state index in [0.717, 1.165) is 31.6 Å². The molecule has 2 atom stereocenters. The van der Waals surface area contributed by atoms with E-state index in [2.05, 4.69) is 48.5 Å². The molecule has 0 bridgehead atoms. The first-order valence-corrected chi connectivity index (χ1v) is 9.04. The maximum Gasteiger partial charge on any atom is 0.0331 e. The third-order valence-corrected chi connectivity index (χ3v) is 5.45. The topological polar surface area (TPSA) is 15.3 Å². The molecule has 3 heteroatoms. The van der Waals surface area contributed by atoms with Crippen LogP contribution in [-0.2, 0) is 6.54 Å². The highest BCUT2D eigenvalue weighted by Gasteiger charge is 2.20. The van der Waals surface area contributed by atoms with Crippen LogP contribution in [0.25, 0.3) is 0 Å². The molecule has 20 heavy (non-hydrogen) atoms. The van der Waals surface area contributed by atoms with Gasteiger partial charge in [0, 0.05) is 36.6 Å². The molecule has 0 aromatic carbocycles. The van der Waals surface area contributed by atoms with Crippen molar-refractivity contribution in [3.63, 3.8) is 0 Å². The molecule has 1 aliphatic rings. The quantitative estimate of drug-likeness (QED) is 0.813. The van der Waals surface area contributed by atoms with Crippen molar-refractivity contribution in [1.82, 2.24) is 10.2 Å². The Morgan fingerprint density at radius 3 is 2.80 bits per heavy atom. The summed E-state index contributed by atoms with van der Waals surface area (Å²) in [6.07, 6.45) is 5.61. The van der Waals surface area contributed by atoms with E-state index in [1.165, 1.54) is 30.6 Å². The average Bonchev–Trinajstić information content (AvgIpc) is 2.92. The second-order valence-electron chi connectivity index (χ2n) is 6.47. The van der Waals surface area contributed by atoms with E-state index < -0.39 is 0 Å². The monoisotopic (exact) mass is 294 g/mol. The highest BCUT2D eigenvalue weighted by molar-refractivity contribution is 7.09. The van der Waals surface area contributed by atoms with Gasteiger partial charge in [-0.15, -0.1) is 11.3 Å². The Hall–Kier alpha value is -0.380. The van der Waals surface area contributed by atoms with Crippen molar-refractivity contribution in [3.05, 3.63) is 22.4 Å². The van der Waals surface area contributed by atoms with E-state index in [1.54, 1.807) is 0 Å². The zero-order chi connectivity index (χ0) is 14.4. The van der Waals surface area contributed by atoms with Crippen LogP contribution in [0.15, 0.2) is 17.5 Å². The maximum absolute atomic E-state index is 3.80. The lowest BCUT2D eigenvalue weighted by Gasteiger charge is -2.32. The normalized spacial score (nSPS) is 23.6. The first-order valence-electron chi connectivity index (χ1n) is 8.16. The zero-order valence-electron chi connectivity index (χ0n) is 13.3. The highest BCUT2D eigenvalue weighted by atomic mass is 32.1. The van der Waals surface area contributed by atoms with Crippen molar-refractivity contribution in [3.8, 4) is 0 Å². The van der Waals surface area contributed by atoms with E-state index in [1.807, 2.05) is 11.3 Å². The summed E-state index contributed by atoms with van der Waals surface area (Å²) in [7, 11) is 0. The van der Waals surface area contributed by atoms with Crippen molar-refractivity contribution in [2.75, 3.05) is 13.1 Å².